The van der Waals surface area contributed by atoms with Crippen LogP contribution in [0.2, 0.25) is 0 Å². The first-order chi connectivity index (χ1) is 21.7. The van der Waals surface area contributed by atoms with Gasteiger partial charge in [-0.05, 0) is 71.7 Å². The Balaban J connectivity index is 1.13. The number of carbonyl (C=O) groups excluding carboxylic acids is 1. The zero-order chi connectivity index (χ0) is 29.9. The number of carbonyl (C=O) groups is 1. The van der Waals surface area contributed by atoms with E-state index in [9.17, 15) is 4.79 Å². The van der Waals surface area contributed by atoms with Gasteiger partial charge in [0.05, 0.1) is 5.92 Å². The molecule has 1 aliphatic heterocycles. The van der Waals surface area contributed by atoms with Crippen molar-refractivity contribution in [1.29, 1.82) is 0 Å². The molecular weight excluding hydrogens is 550 g/mol. The van der Waals surface area contributed by atoms with Crippen molar-refractivity contribution < 1.29 is 9.53 Å². The molecule has 1 saturated heterocycles. The molecule has 2 atom stereocenters. The van der Waals surface area contributed by atoms with Crippen molar-refractivity contribution in [2.75, 3.05) is 26.8 Å². The number of amides is 1. The summed E-state index contributed by atoms with van der Waals surface area (Å²) in [5, 5.41) is 19.1. The number of tetrazole rings is 1. The molecule has 5 aromatic rings. The highest BCUT2D eigenvalue weighted by Crippen LogP contribution is 2.38. The van der Waals surface area contributed by atoms with E-state index >= 15 is 0 Å². The Bertz CT molecular complexity index is 1710. The molecule has 2 aromatic heterocycles. The largest absolute Gasteiger partial charge is 0.385 e. The second-order valence-electron chi connectivity index (χ2n) is 12.1. The molecular formula is C35H39N7O2. The number of methoxy groups -OCH3 is 1. The smallest absolute Gasteiger partial charge is 0.228 e. The third kappa shape index (κ3) is 5.89. The van der Waals surface area contributed by atoms with Crippen LogP contribution in [-0.2, 0) is 22.6 Å². The maximum Gasteiger partial charge on any atom is 0.228 e. The monoisotopic (exact) mass is 589 g/mol. The summed E-state index contributed by atoms with van der Waals surface area (Å²) >= 11 is 0. The van der Waals surface area contributed by atoms with Gasteiger partial charge in [0.15, 0.2) is 0 Å². The normalized spacial score (nSPS) is 18.5. The van der Waals surface area contributed by atoms with E-state index < -0.39 is 0 Å². The van der Waals surface area contributed by atoms with Crippen LogP contribution in [-0.4, -0.2) is 68.8 Å². The maximum absolute atomic E-state index is 14.5. The van der Waals surface area contributed by atoms with Crippen molar-refractivity contribution in [3.63, 3.8) is 0 Å². The summed E-state index contributed by atoms with van der Waals surface area (Å²) in [6, 6.07) is 25.9. The number of H-pyrrole nitrogens is 1. The molecule has 2 N–H and O–H groups in total. The predicted octanol–water partition coefficient (Wildman–Crippen LogP) is 5.41. The molecule has 0 radical (unpaired) electrons. The van der Waals surface area contributed by atoms with Crippen molar-refractivity contribution in [3.8, 4) is 22.5 Å². The van der Waals surface area contributed by atoms with Crippen LogP contribution in [0.25, 0.3) is 33.4 Å². The van der Waals surface area contributed by atoms with E-state index in [-0.39, 0.29) is 17.7 Å². The molecule has 3 heterocycles. The van der Waals surface area contributed by atoms with Gasteiger partial charge in [-0.1, -0.05) is 66.7 Å². The number of rotatable bonds is 11. The SMILES string of the molecule is COCCCn1cc(CN(C(=O)[C@H]2CNCC[C@@H]2c2cccc(-c3ccc(-c4nn[nH]n4)cc3)c2)C2CC2)c2ccccc21. The number of ether oxygens (including phenoxy) is 1. The van der Waals surface area contributed by atoms with Gasteiger partial charge >= 0.3 is 0 Å². The molecule has 1 amide bonds. The molecule has 9 heteroatoms. The lowest BCUT2D eigenvalue weighted by atomic mass is 9.79. The fourth-order valence-corrected chi connectivity index (χ4v) is 6.74. The summed E-state index contributed by atoms with van der Waals surface area (Å²) in [5.41, 5.74) is 6.87. The lowest BCUT2D eigenvalue weighted by molar-refractivity contribution is -0.138. The molecule has 9 nitrogen and oxygen atoms in total. The van der Waals surface area contributed by atoms with Crippen molar-refractivity contribution in [2.45, 2.75) is 50.7 Å². The Kier molecular flexibility index (Phi) is 8.22. The molecule has 0 spiro atoms. The third-order valence-corrected chi connectivity index (χ3v) is 9.17. The molecule has 44 heavy (non-hydrogen) atoms. The number of aromatic nitrogens is 5. The molecule has 1 saturated carbocycles. The van der Waals surface area contributed by atoms with Crippen LogP contribution in [0.4, 0.5) is 0 Å². The highest BCUT2D eigenvalue weighted by Gasteiger charge is 2.40. The van der Waals surface area contributed by atoms with Crippen molar-refractivity contribution in [3.05, 3.63) is 90.1 Å². The molecule has 0 bridgehead atoms. The maximum atomic E-state index is 14.5. The first-order valence-corrected chi connectivity index (χ1v) is 15.7. The summed E-state index contributed by atoms with van der Waals surface area (Å²) in [6.07, 6.45) is 6.31. The number of hydrogen-bond donors (Lipinski definition) is 2. The number of aromatic amines is 1. The van der Waals surface area contributed by atoms with Crippen LogP contribution in [0, 0.1) is 5.92 Å². The zero-order valence-electron chi connectivity index (χ0n) is 25.2. The predicted molar refractivity (Wildman–Crippen MR) is 171 cm³/mol. The average Bonchev–Trinajstić information content (AvgIpc) is 3.65. The lowest BCUT2D eigenvalue weighted by Gasteiger charge is -2.36. The minimum absolute atomic E-state index is 0.102. The van der Waals surface area contributed by atoms with Gasteiger partial charge in [0.1, 0.15) is 0 Å². The van der Waals surface area contributed by atoms with Crippen LogP contribution in [0.1, 0.15) is 42.7 Å². The van der Waals surface area contributed by atoms with E-state index in [1.54, 1.807) is 7.11 Å². The molecule has 3 aromatic carbocycles. The Hall–Kier alpha value is -4.34. The Morgan fingerprint density at radius 2 is 1.84 bits per heavy atom. The highest BCUT2D eigenvalue weighted by atomic mass is 16.5. The van der Waals surface area contributed by atoms with Gasteiger partial charge in [-0.15, -0.1) is 10.2 Å². The van der Waals surface area contributed by atoms with Gasteiger partial charge in [-0.3, -0.25) is 4.79 Å². The molecule has 0 unspecified atom stereocenters. The number of nitrogens with zero attached hydrogens (tertiary/aromatic N) is 5. The van der Waals surface area contributed by atoms with Gasteiger partial charge in [0.2, 0.25) is 11.7 Å². The number of benzene rings is 3. The van der Waals surface area contributed by atoms with Gasteiger partial charge in [-0.25, -0.2) is 0 Å². The number of nitrogens with one attached hydrogen (secondary N) is 2. The van der Waals surface area contributed by atoms with E-state index in [1.165, 1.54) is 22.0 Å². The van der Waals surface area contributed by atoms with Gasteiger partial charge in [-0.2, -0.15) is 5.21 Å². The Labute approximate surface area is 257 Å². The van der Waals surface area contributed by atoms with Crippen molar-refractivity contribution in [1.82, 2.24) is 35.4 Å². The van der Waals surface area contributed by atoms with Crippen LogP contribution in [0.5, 0.6) is 0 Å². The van der Waals surface area contributed by atoms with Crippen LogP contribution < -0.4 is 5.32 Å². The van der Waals surface area contributed by atoms with E-state index in [0.717, 1.165) is 62.1 Å². The molecule has 2 aliphatic rings. The minimum Gasteiger partial charge on any atom is -0.385 e. The highest BCUT2D eigenvalue weighted by molar-refractivity contribution is 5.86. The lowest BCUT2D eigenvalue weighted by Crippen LogP contribution is -2.47. The summed E-state index contributed by atoms with van der Waals surface area (Å²) in [4.78, 5) is 16.7. The van der Waals surface area contributed by atoms with Crippen LogP contribution in [0.3, 0.4) is 0 Å². The summed E-state index contributed by atoms with van der Waals surface area (Å²) in [7, 11) is 1.75. The number of aryl methyl sites for hydroxylation is 1. The van der Waals surface area contributed by atoms with Gasteiger partial charge in [0.25, 0.3) is 0 Å². The topological polar surface area (TPSA) is 101 Å². The first-order valence-electron chi connectivity index (χ1n) is 15.7. The van der Waals surface area contributed by atoms with Crippen molar-refractivity contribution in [2.24, 2.45) is 5.92 Å². The zero-order valence-corrected chi connectivity index (χ0v) is 25.2. The Morgan fingerprint density at radius 1 is 1.00 bits per heavy atom. The number of para-hydroxylation sites is 1. The average molecular weight is 590 g/mol. The van der Waals surface area contributed by atoms with E-state index in [2.05, 4.69) is 102 Å². The Morgan fingerprint density at radius 3 is 2.64 bits per heavy atom. The quantitative estimate of drug-likeness (QED) is 0.200. The number of fused-ring (bicyclic) bond motifs is 1. The summed E-state index contributed by atoms with van der Waals surface area (Å²) < 4.78 is 7.63. The summed E-state index contributed by atoms with van der Waals surface area (Å²) in [5.74, 6) is 0.919. The first kappa shape index (κ1) is 28.4. The van der Waals surface area contributed by atoms with Crippen LogP contribution in [0.15, 0.2) is 79.0 Å². The minimum atomic E-state index is -0.102. The van der Waals surface area contributed by atoms with Crippen LogP contribution >= 0.6 is 0 Å². The number of piperidine rings is 1. The molecule has 7 rings (SSSR count). The molecule has 226 valence electrons. The molecule has 1 aliphatic carbocycles. The second-order valence-corrected chi connectivity index (χ2v) is 12.1. The van der Waals surface area contributed by atoms with Gasteiger partial charge < -0.3 is 19.5 Å². The standard InChI is InChI=1S/C35H39N7O2/c1-44-19-5-18-41-22-28(31-8-2-3-9-33(31)41)23-42(29-14-15-29)35(43)32-21-36-17-16-30(32)27-7-4-6-26(20-27)24-10-12-25(13-11-24)34-37-39-40-38-34/h2-4,6-13,20,22,29-30,32,36H,5,14-19,21,23H2,1H3,(H,37,38,39,40)/t30-,32+/m1/s1. The van der Waals surface area contributed by atoms with Gasteiger partial charge in [0, 0.05) is 62.1 Å². The van der Waals surface area contributed by atoms with E-state index in [0.29, 0.717) is 25.0 Å². The summed E-state index contributed by atoms with van der Waals surface area (Å²) in [6.45, 7) is 3.90. The second kappa shape index (κ2) is 12.7. The van der Waals surface area contributed by atoms with E-state index in [1.807, 2.05) is 12.1 Å². The number of hydrogen-bond acceptors (Lipinski definition) is 6. The van der Waals surface area contributed by atoms with E-state index in [4.69, 9.17) is 4.74 Å². The third-order valence-electron chi connectivity index (χ3n) is 9.17. The molecule has 2 fully saturated rings. The van der Waals surface area contributed by atoms with Crippen molar-refractivity contribution >= 4 is 16.8 Å². The fraction of sp³-hybridized carbons (Fsp3) is 0.371. The fourth-order valence-electron chi connectivity index (χ4n) is 6.74.